The Morgan fingerprint density at radius 1 is 1.29 bits per heavy atom. The van der Waals surface area contributed by atoms with Crippen molar-refractivity contribution in [2.75, 3.05) is 19.0 Å². The number of nitrogens with zero attached hydrogens (tertiary/aromatic N) is 1. The summed E-state index contributed by atoms with van der Waals surface area (Å²) in [4.78, 5) is 5.75. The van der Waals surface area contributed by atoms with E-state index in [2.05, 4.69) is 24.1 Å². The topological polar surface area (TPSA) is 43.4 Å². The zero-order valence-corrected chi connectivity index (χ0v) is 14.0. The van der Waals surface area contributed by atoms with Gasteiger partial charge in [0.05, 0.1) is 30.5 Å². The van der Waals surface area contributed by atoms with Crippen molar-refractivity contribution in [3.8, 4) is 11.5 Å². The van der Waals surface area contributed by atoms with Gasteiger partial charge in [-0.15, -0.1) is 11.3 Å². The van der Waals surface area contributed by atoms with Crippen LogP contribution in [0.2, 0.25) is 0 Å². The first-order valence-corrected chi connectivity index (χ1v) is 7.88. The highest BCUT2D eigenvalue weighted by Gasteiger charge is 2.14. The van der Waals surface area contributed by atoms with E-state index in [0.29, 0.717) is 6.61 Å². The summed E-state index contributed by atoms with van der Waals surface area (Å²) in [7, 11) is 1.65. The van der Waals surface area contributed by atoms with Crippen LogP contribution >= 0.6 is 11.3 Å². The Morgan fingerprint density at radius 3 is 2.62 bits per heavy atom. The van der Waals surface area contributed by atoms with Gasteiger partial charge in [-0.3, -0.25) is 0 Å². The maximum atomic E-state index is 5.61. The standard InChI is InChI=1S/C16H22N2O2S/c1-6-20-15-9-13(7-8-14(15)19-5)18-11(3)16-10(2)17-12(4)21-16/h7-9,11,18H,6H2,1-5H3. The Labute approximate surface area is 130 Å². The summed E-state index contributed by atoms with van der Waals surface area (Å²) in [5.74, 6) is 1.51. The Kier molecular flexibility index (Phi) is 5.07. The zero-order chi connectivity index (χ0) is 15.4. The van der Waals surface area contributed by atoms with E-state index in [0.717, 1.165) is 27.9 Å². The van der Waals surface area contributed by atoms with Crippen LogP contribution < -0.4 is 14.8 Å². The van der Waals surface area contributed by atoms with Crippen molar-refractivity contribution in [3.63, 3.8) is 0 Å². The van der Waals surface area contributed by atoms with Crippen LogP contribution in [0, 0.1) is 13.8 Å². The minimum absolute atomic E-state index is 0.207. The Balaban J connectivity index is 2.19. The smallest absolute Gasteiger partial charge is 0.163 e. The molecule has 0 fully saturated rings. The number of rotatable bonds is 6. The maximum absolute atomic E-state index is 5.61. The molecule has 1 aromatic carbocycles. The quantitative estimate of drug-likeness (QED) is 0.862. The van der Waals surface area contributed by atoms with Crippen molar-refractivity contribution >= 4 is 17.0 Å². The number of nitrogens with one attached hydrogen (secondary N) is 1. The number of benzene rings is 1. The summed E-state index contributed by atoms with van der Waals surface area (Å²) >= 11 is 1.73. The number of aromatic nitrogens is 1. The highest BCUT2D eigenvalue weighted by atomic mass is 32.1. The number of hydrogen-bond acceptors (Lipinski definition) is 5. The van der Waals surface area contributed by atoms with Crippen molar-refractivity contribution in [1.29, 1.82) is 0 Å². The van der Waals surface area contributed by atoms with E-state index >= 15 is 0 Å². The minimum Gasteiger partial charge on any atom is -0.493 e. The van der Waals surface area contributed by atoms with Crippen LogP contribution in [-0.4, -0.2) is 18.7 Å². The van der Waals surface area contributed by atoms with Crippen LogP contribution in [0.3, 0.4) is 0 Å². The van der Waals surface area contributed by atoms with Gasteiger partial charge in [0.1, 0.15) is 0 Å². The lowest BCUT2D eigenvalue weighted by Gasteiger charge is -2.16. The van der Waals surface area contributed by atoms with E-state index in [1.54, 1.807) is 18.4 Å². The third-order valence-electron chi connectivity index (χ3n) is 3.18. The molecule has 0 aliphatic rings. The molecule has 0 bridgehead atoms. The van der Waals surface area contributed by atoms with Crippen molar-refractivity contribution in [3.05, 3.63) is 33.8 Å². The molecule has 0 amide bonds. The fourth-order valence-corrected chi connectivity index (χ4v) is 3.23. The van der Waals surface area contributed by atoms with Gasteiger partial charge in [0.25, 0.3) is 0 Å². The summed E-state index contributed by atoms with van der Waals surface area (Å²) in [5.41, 5.74) is 2.10. The highest BCUT2D eigenvalue weighted by molar-refractivity contribution is 7.11. The molecule has 0 aliphatic carbocycles. The number of thiazole rings is 1. The van der Waals surface area contributed by atoms with Gasteiger partial charge in [0.15, 0.2) is 11.5 Å². The predicted molar refractivity (Wildman–Crippen MR) is 87.8 cm³/mol. The Morgan fingerprint density at radius 2 is 2.05 bits per heavy atom. The average Bonchev–Trinajstić information content (AvgIpc) is 2.78. The van der Waals surface area contributed by atoms with Gasteiger partial charge in [-0.25, -0.2) is 4.98 Å². The fourth-order valence-electron chi connectivity index (χ4n) is 2.30. The van der Waals surface area contributed by atoms with Crippen molar-refractivity contribution in [1.82, 2.24) is 4.98 Å². The second kappa shape index (κ2) is 6.80. The molecule has 5 heteroatoms. The van der Waals surface area contributed by atoms with Gasteiger partial charge in [-0.2, -0.15) is 0 Å². The van der Waals surface area contributed by atoms with Crippen LogP contribution in [0.4, 0.5) is 5.69 Å². The molecular weight excluding hydrogens is 284 g/mol. The lowest BCUT2D eigenvalue weighted by Crippen LogP contribution is -2.06. The molecule has 0 spiro atoms. The molecule has 2 rings (SSSR count). The number of hydrogen-bond donors (Lipinski definition) is 1. The molecular formula is C16H22N2O2S. The Bertz CT molecular complexity index is 610. The molecule has 0 saturated heterocycles. The third kappa shape index (κ3) is 3.67. The third-order valence-corrected chi connectivity index (χ3v) is 4.43. The first-order valence-electron chi connectivity index (χ1n) is 7.06. The monoisotopic (exact) mass is 306 g/mol. The van der Waals surface area contributed by atoms with Crippen LogP contribution in [0.15, 0.2) is 18.2 Å². The number of methoxy groups -OCH3 is 1. The lowest BCUT2D eigenvalue weighted by atomic mass is 10.2. The SMILES string of the molecule is CCOc1cc(NC(C)c2sc(C)nc2C)ccc1OC. The first kappa shape index (κ1) is 15.6. The maximum Gasteiger partial charge on any atom is 0.163 e. The Hall–Kier alpha value is -1.75. The molecule has 114 valence electrons. The summed E-state index contributed by atoms with van der Waals surface area (Å²) in [6.07, 6.45) is 0. The second-order valence-corrected chi connectivity index (χ2v) is 6.08. The average molecular weight is 306 g/mol. The second-order valence-electron chi connectivity index (χ2n) is 4.85. The summed E-state index contributed by atoms with van der Waals surface area (Å²) < 4.78 is 10.9. The molecule has 0 radical (unpaired) electrons. The predicted octanol–water partition coefficient (Wildman–Crippen LogP) is 4.34. The summed E-state index contributed by atoms with van der Waals surface area (Å²) in [6, 6.07) is 6.10. The minimum atomic E-state index is 0.207. The van der Waals surface area contributed by atoms with Gasteiger partial charge in [-0.1, -0.05) is 0 Å². The molecule has 21 heavy (non-hydrogen) atoms. The molecule has 1 N–H and O–H groups in total. The lowest BCUT2D eigenvalue weighted by molar-refractivity contribution is 0.311. The van der Waals surface area contributed by atoms with Gasteiger partial charge in [0.2, 0.25) is 0 Å². The molecule has 2 aromatic rings. The van der Waals surface area contributed by atoms with E-state index in [1.165, 1.54) is 4.88 Å². The van der Waals surface area contributed by atoms with Crippen molar-refractivity contribution in [2.24, 2.45) is 0 Å². The normalized spacial score (nSPS) is 12.0. The van der Waals surface area contributed by atoms with Crippen LogP contribution in [0.1, 0.15) is 35.5 Å². The van der Waals surface area contributed by atoms with E-state index < -0.39 is 0 Å². The van der Waals surface area contributed by atoms with E-state index in [1.807, 2.05) is 32.0 Å². The molecule has 1 aromatic heterocycles. The van der Waals surface area contributed by atoms with Gasteiger partial charge in [-0.05, 0) is 39.8 Å². The van der Waals surface area contributed by atoms with E-state index in [-0.39, 0.29) is 6.04 Å². The fraction of sp³-hybridized carbons (Fsp3) is 0.438. The van der Waals surface area contributed by atoms with Gasteiger partial charge >= 0.3 is 0 Å². The summed E-state index contributed by atoms with van der Waals surface area (Å²) in [6.45, 7) is 8.81. The number of anilines is 1. The van der Waals surface area contributed by atoms with Crippen LogP contribution in [0.5, 0.6) is 11.5 Å². The molecule has 1 atom stereocenters. The molecule has 0 aliphatic heterocycles. The largest absolute Gasteiger partial charge is 0.493 e. The van der Waals surface area contributed by atoms with E-state index in [4.69, 9.17) is 9.47 Å². The molecule has 1 unspecified atom stereocenters. The zero-order valence-electron chi connectivity index (χ0n) is 13.2. The van der Waals surface area contributed by atoms with Crippen molar-refractivity contribution < 1.29 is 9.47 Å². The van der Waals surface area contributed by atoms with E-state index in [9.17, 15) is 0 Å². The van der Waals surface area contributed by atoms with Crippen LogP contribution in [0.25, 0.3) is 0 Å². The number of aryl methyl sites for hydroxylation is 2. The molecule has 0 saturated carbocycles. The highest BCUT2D eigenvalue weighted by Crippen LogP contribution is 2.33. The van der Waals surface area contributed by atoms with Crippen molar-refractivity contribution in [2.45, 2.75) is 33.7 Å². The molecule has 1 heterocycles. The van der Waals surface area contributed by atoms with Gasteiger partial charge < -0.3 is 14.8 Å². The first-order chi connectivity index (χ1) is 10.0. The summed E-state index contributed by atoms with van der Waals surface area (Å²) in [5, 5.41) is 4.60. The number of ether oxygens (including phenoxy) is 2. The van der Waals surface area contributed by atoms with Gasteiger partial charge in [0, 0.05) is 16.6 Å². The molecule has 4 nitrogen and oxygen atoms in total. The van der Waals surface area contributed by atoms with Crippen LogP contribution in [-0.2, 0) is 0 Å².